The molecule has 0 spiro atoms. The van der Waals surface area contributed by atoms with Crippen molar-refractivity contribution in [3.8, 4) is 0 Å². The summed E-state index contributed by atoms with van der Waals surface area (Å²) in [4.78, 5) is 11.7. The van der Waals surface area contributed by atoms with Crippen molar-refractivity contribution in [3.63, 3.8) is 0 Å². The van der Waals surface area contributed by atoms with Gasteiger partial charge in [-0.2, -0.15) is 0 Å². The Morgan fingerprint density at radius 3 is 2.12 bits per heavy atom. The van der Waals surface area contributed by atoms with Crippen LogP contribution in [-0.4, -0.2) is 104 Å². The van der Waals surface area contributed by atoms with Crippen molar-refractivity contribution < 1.29 is 44.5 Å². The summed E-state index contributed by atoms with van der Waals surface area (Å²) in [7, 11) is 0. The lowest BCUT2D eigenvalue weighted by molar-refractivity contribution is -0.390. The monoisotopic (exact) mass is 424 g/mol. The maximum absolute atomic E-state index is 11.7. The number of hydrogen-bond donors (Lipinski definition) is 5. The predicted octanol–water partition coefficient (Wildman–Crippen LogP) is -2.09. The Morgan fingerprint density at radius 2 is 1.68 bits per heavy atom. The lowest BCUT2D eigenvalue weighted by Gasteiger charge is -2.48. The molecule has 2 fully saturated rings. The van der Waals surface area contributed by atoms with Crippen LogP contribution in [0.3, 0.4) is 0 Å². The molecule has 12 heteroatoms. The van der Waals surface area contributed by atoms with Crippen LogP contribution in [0.25, 0.3) is 0 Å². The SMILES string of the molecule is O=C[C@@]1(O[C@]2(CCl)O[C@H](CCl)[C@@H](O)[C@@H]2O)O[C@H](CO)[C@H](Cl)[C@H](O)[C@H]1O. The fourth-order valence-corrected chi connectivity index (χ4v) is 3.61. The Bertz CT molecular complexity index is 484. The molecule has 2 rings (SSSR count). The highest BCUT2D eigenvalue weighted by molar-refractivity contribution is 6.21. The van der Waals surface area contributed by atoms with E-state index in [9.17, 15) is 30.3 Å². The van der Waals surface area contributed by atoms with Crippen LogP contribution in [0.4, 0.5) is 0 Å². The molecule has 146 valence electrons. The van der Waals surface area contributed by atoms with E-state index in [0.29, 0.717) is 0 Å². The van der Waals surface area contributed by atoms with Crippen LogP contribution in [0.1, 0.15) is 0 Å². The van der Waals surface area contributed by atoms with Crippen LogP contribution in [0, 0.1) is 0 Å². The molecule has 0 aliphatic carbocycles. The van der Waals surface area contributed by atoms with Gasteiger partial charge in [-0.25, -0.2) is 0 Å². The second-order valence-corrected chi connectivity index (χ2v) is 6.93. The third-order valence-electron chi connectivity index (χ3n) is 4.27. The molecule has 9 nitrogen and oxygen atoms in total. The normalized spacial score (nSPS) is 50.8. The number of halogens is 3. The van der Waals surface area contributed by atoms with Gasteiger partial charge in [-0.3, -0.25) is 4.79 Å². The topological polar surface area (TPSA) is 146 Å². The summed E-state index contributed by atoms with van der Waals surface area (Å²) in [6.07, 6.45) is -9.24. The van der Waals surface area contributed by atoms with Gasteiger partial charge < -0.3 is 39.7 Å². The number of carbonyl (C=O) groups is 1. The lowest BCUT2D eigenvalue weighted by atomic mass is 9.94. The standard InChI is InChI=1S/C13H19Cl3O9/c14-1-5-8(19)10(21)12(3-15,23-5)25-13(4-18)11(22)9(20)7(16)6(2-17)24-13/h4-11,17,19-22H,1-3H2/t5-,6-,7+,8-,9+,10+,11-,12+,13+/m1/s1. The first kappa shape index (κ1) is 21.5. The van der Waals surface area contributed by atoms with Crippen molar-refractivity contribution in [2.75, 3.05) is 18.4 Å². The average Bonchev–Trinajstić information content (AvgIpc) is 2.87. The first-order valence-corrected chi connectivity index (χ1v) is 8.83. The van der Waals surface area contributed by atoms with E-state index in [0.717, 1.165) is 0 Å². The van der Waals surface area contributed by atoms with E-state index >= 15 is 0 Å². The van der Waals surface area contributed by atoms with E-state index < -0.39 is 66.1 Å². The van der Waals surface area contributed by atoms with Crippen LogP contribution in [0.2, 0.25) is 0 Å². The third-order valence-corrected chi connectivity index (χ3v) is 5.49. The Kier molecular flexibility index (Phi) is 6.95. The minimum Gasteiger partial charge on any atom is -0.394 e. The number of alkyl halides is 3. The van der Waals surface area contributed by atoms with E-state index in [1.54, 1.807) is 0 Å². The van der Waals surface area contributed by atoms with E-state index in [1.165, 1.54) is 0 Å². The number of aldehydes is 1. The highest BCUT2D eigenvalue weighted by atomic mass is 35.5. The Hall–Kier alpha value is 0.220. The Labute approximate surface area is 157 Å². The smallest absolute Gasteiger partial charge is 0.258 e. The van der Waals surface area contributed by atoms with Crippen molar-refractivity contribution in [1.29, 1.82) is 0 Å². The molecule has 0 aromatic rings. The molecule has 5 N–H and O–H groups in total. The molecule has 0 radical (unpaired) electrons. The van der Waals surface area contributed by atoms with Crippen molar-refractivity contribution >= 4 is 41.1 Å². The minimum absolute atomic E-state index is 0.0249. The van der Waals surface area contributed by atoms with Gasteiger partial charge in [0.15, 0.2) is 6.29 Å². The van der Waals surface area contributed by atoms with Gasteiger partial charge in [0.05, 0.1) is 23.7 Å². The molecule has 2 aliphatic heterocycles. The van der Waals surface area contributed by atoms with Crippen LogP contribution in [0.15, 0.2) is 0 Å². The summed E-state index contributed by atoms with van der Waals surface area (Å²) >= 11 is 17.3. The summed E-state index contributed by atoms with van der Waals surface area (Å²) in [6.45, 7) is -0.693. The van der Waals surface area contributed by atoms with Crippen LogP contribution in [0.5, 0.6) is 0 Å². The second-order valence-electron chi connectivity index (χ2n) is 5.85. The Balaban J connectivity index is 2.37. The molecule has 0 unspecified atom stereocenters. The van der Waals surface area contributed by atoms with Crippen LogP contribution < -0.4 is 0 Å². The lowest BCUT2D eigenvalue weighted by Crippen LogP contribution is -2.69. The zero-order chi connectivity index (χ0) is 19.0. The molecule has 25 heavy (non-hydrogen) atoms. The van der Waals surface area contributed by atoms with Crippen molar-refractivity contribution in [3.05, 3.63) is 0 Å². The highest BCUT2D eigenvalue weighted by Crippen LogP contribution is 2.41. The summed E-state index contributed by atoms with van der Waals surface area (Å²) in [6, 6.07) is 0. The summed E-state index contributed by atoms with van der Waals surface area (Å²) in [5, 5.41) is 48.6. The fraction of sp³-hybridized carbons (Fsp3) is 0.923. The number of aliphatic hydroxyl groups excluding tert-OH is 5. The molecule has 9 atom stereocenters. The zero-order valence-corrected chi connectivity index (χ0v) is 15.0. The molecule has 0 saturated carbocycles. The first-order valence-electron chi connectivity index (χ1n) is 7.33. The molecule has 2 aliphatic rings. The quantitative estimate of drug-likeness (QED) is 0.239. The van der Waals surface area contributed by atoms with E-state index in [1.807, 2.05) is 0 Å². The van der Waals surface area contributed by atoms with Crippen LogP contribution >= 0.6 is 34.8 Å². The van der Waals surface area contributed by atoms with Gasteiger partial charge in [0.1, 0.15) is 36.6 Å². The fourth-order valence-electron chi connectivity index (χ4n) is 2.82. The number of carbonyl (C=O) groups excluding carboxylic acids is 1. The van der Waals surface area contributed by atoms with Gasteiger partial charge in [-0.15, -0.1) is 34.8 Å². The largest absolute Gasteiger partial charge is 0.394 e. The number of aliphatic hydroxyl groups is 5. The summed E-state index contributed by atoms with van der Waals surface area (Å²) < 4.78 is 16.0. The second kappa shape index (κ2) is 8.07. The molecule has 0 amide bonds. The summed E-state index contributed by atoms with van der Waals surface area (Å²) in [5.41, 5.74) is 0. The van der Waals surface area contributed by atoms with Crippen molar-refractivity contribution in [2.45, 2.75) is 53.6 Å². The van der Waals surface area contributed by atoms with Gasteiger partial charge in [0.25, 0.3) is 5.79 Å². The van der Waals surface area contributed by atoms with Gasteiger partial charge in [-0.1, -0.05) is 0 Å². The molecule has 0 aromatic carbocycles. The molecular formula is C13H19Cl3O9. The highest BCUT2D eigenvalue weighted by Gasteiger charge is 2.63. The average molecular weight is 426 g/mol. The maximum Gasteiger partial charge on any atom is 0.258 e. The minimum atomic E-state index is -2.56. The van der Waals surface area contributed by atoms with E-state index in [4.69, 9.17) is 49.0 Å². The van der Waals surface area contributed by atoms with Crippen molar-refractivity contribution in [2.24, 2.45) is 0 Å². The Morgan fingerprint density at radius 1 is 1.04 bits per heavy atom. The van der Waals surface area contributed by atoms with Gasteiger partial charge in [0.2, 0.25) is 5.79 Å². The van der Waals surface area contributed by atoms with Crippen LogP contribution in [-0.2, 0) is 19.0 Å². The zero-order valence-electron chi connectivity index (χ0n) is 12.7. The number of ether oxygens (including phenoxy) is 3. The molecule has 2 heterocycles. The number of hydrogen-bond acceptors (Lipinski definition) is 9. The predicted molar refractivity (Wildman–Crippen MR) is 84.6 cm³/mol. The molecule has 2 saturated heterocycles. The number of rotatable bonds is 6. The van der Waals surface area contributed by atoms with Gasteiger partial charge in [-0.05, 0) is 0 Å². The van der Waals surface area contributed by atoms with Crippen molar-refractivity contribution in [1.82, 2.24) is 0 Å². The molecule has 0 aromatic heterocycles. The van der Waals surface area contributed by atoms with E-state index in [2.05, 4.69) is 0 Å². The maximum atomic E-state index is 11.7. The molecular weight excluding hydrogens is 406 g/mol. The van der Waals surface area contributed by atoms with Gasteiger partial charge >= 0.3 is 0 Å². The third kappa shape index (κ3) is 3.53. The van der Waals surface area contributed by atoms with E-state index in [-0.39, 0.29) is 12.2 Å². The first-order chi connectivity index (χ1) is 11.7. The summed E-state index contributed by atoms with van der Waals surface area (Å²) in [5.74, 6) is -5.52. The van der Waals surface area contributed by atoms with Gasteiger partial charge in [0, 0.05) is 0 Å². The molecule has 0 bridgehead atoms.